The Balaban J connectivity index is 2.56. The van der Waals surface area contributed by atoms with Crippen molar-refractivity contribution in [2.24, 2.45) is 5.41 Å². The van der Waals surface area contributed by atoms with Gasteiger partial charge in [-0.25, -0.2) is 4.39 Å². The Morgan fingerprint density at radius 2 is 2.19 bits per heavy atom. The van der Waals surface area contributed by atoms with Gasteiger partial charge in [-0.1, -0.05) is 0 Å². The molecule has 0 heterocycles. The number of anilines is 1. The topological polar surface area (TPSA) is 35.8 Å². The van der Waals surface area contributed by atoms with Crippen LogP contribution >= 0.6 is 15.9 Å². The molecular formula is C12H14BrFN2. The summed E-state index contributed by atoms with van der Waals surface area (Å²) < 4.78 is 13.8. The van der Waals surface area contributed by atoms with Gasteiger partial charge < -0.3 is 5.32 Å². The van der Waals surface area contributed by atoms with Gasteiger partial charge in [0.05, 0.1) is 17.2 Å². The van der Waals surface area contributed by atoms with Gasteiger partial charge >= 0.3 is 0 Å². The SMILES string of the molecule is CC(C)(C#N)CCNc1cc(F)ccc1Br. The Bertz CT molecular complexity index is 410. The molecule has 0 amide bonds. The number of benzene rings is 1. The van der Waals surface area contributed by atoms with Crippen LogP contribution in [0.5, 0.6) is 0 Å². The van der Waals surface area contributed by atoms with Gasteiger partial charge in [0.1, 0.15) is 5.82 Å². The van der Waals surface area contributed by atoms with E-state index in [1.165, 1.54) is 12.1 Å². The molecule has 86 valence electrons. The van der Waals surface area contributed by atoms with Crippen molar-refractivity contribution in [3.05, 3.63) is 28.5 Å². The first kappa shape index (κ1) is 13.0. The molecule has 1 rings (SSSR count). The molecule has 16 heavy (non-hydrogen) atoms. The van der Waals surface area contributed by atoms with Crippen molar-refractivity contribution in [3.8, 4) is 6.07 Å². The second kappa shape index (κ2) is 5.31. The molecule has 2 nitrogen and oxygen atoms in total. The van der Waals surface area contributed by atoms with E-state index in [1.807, 2.05) is 13.8 Å². The Labute approximate surface area is 104 Å². The van der Waals surface area contributed by atoms with E-state index in [2.05, 4.69) is 27.3 Å². The summed E-state index contributed by atoms with van der Waals surface area (Å²) in [4.78, 5) is 0. The average molecular weight is 285 g/mol. The maximum absolute atomic E-state index is 13.0. The molecule has 1 aromatic carbocycles. The second-order valence-electron chi connectivity index (χ2n) is 4.30. The van der Waals surface area contributed by atoms with Crippen LogP contribution in [0.25, 0.3) is 0 Å². The van der Waals surface area contributed by atoms with Crippen molar-refractivity contribution < 1.29 is 4.39 Å². The number of hydrogen-bond acceptors (Lipinski definition) is 2. The van der Waals surface area contributed by atoms with E-state index < -0.39 is 0 Å². The molecule has 0 fully saturated rings. The zero-order valence-corrected chi connectivity index (χ0v) is 10.9. The molecule has 4 heteroatoms. The molecule has 0 saturated carbocycles. The molecular weight excluding hydrogens is 271 g/mol. The highest BCUT2D eigenvalue weighted by Gasteiger charge is 2.15. The van der Waals surface area contributed by atoms with Crippen LogP contribution in [-0.2, 0) is 0 Å². The number of hydrogen-bond donors (Lipinski definition) is 1. The summed E-state index contributed by atoms with van der Waals surface area (Å²) in [6, 6.07) is 6.72. The Hall–Kier alpha value is -1.08. The number of halogens is 2. The maximum atomic E-state index is 13.0. The number of nitrogens with zero attached hydrogens (tertiary/aromatic N) is 1. The first-order valence-electron chi connectivity index (χ1n) is 5.05. The summed E-state index contributed by atoms with van der Waals surface area (Å²) in [5, 5.41) is 11.9. The highest BCUT2D eigenvalue weighted by Crippen LogP contribution is 2.24. The molecule has 0 aliphatic heterocycles. The third-order valence-electron chi connectivity index (χ3n) is 2.30. The molecule has 0 spiro atoms. The summed E-state index contributed by atoms with van der Waals surface area (Å²) in [6.07, 6.45) is 0.715. The van der Waals surface area contributed by atoms with Gasteiger partial charge in [-0.15, -0.1) is 0 Å². The van der Waals surface area contributed by atoms with Crippen molar-refractivity contribution in [3.63, 3.8) is 0 Å². The minimum Gasteiger partial charge on any atom is -0.384 e. The first-order valence-corrected chi connectivity index (χ1v) is 5.84. The molecule has 0 atom stereocenters. The lowest BCUT2D eigenvalue weighted by Crippen LogP contribution is -2.14. The maximum Gasteiger partial charge on any atom is 0.125 e. The Morgan fingerprint density at radius 3 is 2.81 bits per heavy atom. The molecule has 0 aliphatic rings. The number of nitrogens with one attached hydrogen (secondary N) is 1. The van der Waals surface area contributed by atoms with Gasteiger partial charge in [0, 0.05) is 11.0 Å². The standard InChI is InChI=1S/C12H14BrFN2/c1-12(2,8-15)5-6-16-11-7-9(14)3-4-10(11)13/h3-4,7,16H,5-6H2,1-2H3. The minimum absolute atomic E-state index is 0.273. The van der Waals surface area contributed by atoms with Gasteiger partial charge in [-0.05, 0) is 54.4 Å². The summed E-state index contributed by atoms with van der Waals surface area (Å²) in [7, 11) is 0. The predicted octanol–water partition coefficient (Wildman–Crippen LogP) is 3.94. The molecule has 1 N–H and O–H groups in total. The van der Waals surface area contributed by atoms with Gasteiger partial charge in [0.25, 0.3) is 0 Å². The van der Waals surface area contributed by atoms with Crippen molar-refractivity contribution >= 4 is 21.6 Å². The van der Waals surface area contributed by atoms with Crippen LogP contribution in [0, 0.1) is 22.6 Å². The van der Waals surface area contributed by atoms with Gasteiger partial charge in [-0.2, -0.15) is 5.26 Å². The molecule has 0 aliphatic carbocycles. The fraction of sp³-hybridized carbons (Fsp3) is 0.417. The normalized spacial score (nSPS) is 10.9. The van der Waals surface area contributed by atoms with Crippen molar-refractivity contribution in [2.45, 2.75) is 20.3 Å². The molecule has 0 saturated heterocycles. The lowest BCUT2D eigenvalue weighted by Gasteiger charge is -2.16. The highest BCUT2D eigenvalue weighted by atomic mass is 79.9. The first-order chi connectivity index (χ1) is 7.44. The van der Waals surface area contributed by atoms with E-state index in [0.717, 1.165) is 4.47 Å². The molecule has 0 aromatic heterocycles. The van der Waals surface area contributed by atoms with E-state index in [9.17, 15) is 4.39 Å². The third-order valence-corrected chi connectivity index (χ3v) is 2.99. The molecule has 0 unspecified atom stereocenters. The second-order valence-corrected chi connectivity index (χ2v) is 5.15. The summed E-state index contributed by atoms with van der Waals surface area (Å²) >= 11 is 3.33. The predicted molar refractivity (Wildman–Crippen MR) is 66.6 cm³/mol. The van der Waals surface area contributed by atoms with Crippen LogP contribution in [0.15, 0.2) is 22.7 Å². The van der Waals surface area contributed by atoms with Crippen molar-refractivity contribution in [2.75, 3.05) is 11.9 Å². The molecule has 0 bridgehead atoms. The van der Waals surface area contributed by atoms with Crippen LogP contribution in [-0.4, -0.2) is 6.54 Å². The molecule has 1 aromatic rings. The lowest BCUT2D eigenvalue weighted by atomic mass is 9.91. The fourth-order valence-electron chi connectivity index (χ4n) is 1.20. The van der Waals surface area contributed by atoms with Crippen molar-refractivity contribution in [1.29, 1.82) is 5.26 Å². The van der Waals surface area contributed by atoms with Crippen molar-refractivity contribution in [1.82, 2.24) is 0 Å². The monoisotopic (exact) mass is 284 g/mol. The van der Waals surface area contributed by atoms with E-state index >= 15 is 0 Å². The van der Waals surface area contributed by atoms with Gasteiger partial charge in [0.2, 0.25) is 0 Å². The minimum atomic E-state index is -0.354. The van der Waals surface area contributed by atoms with E-state index in [-0.39, 0.29) is 11.2 Å². The zero-order chi connectivity index (χ0) is 12.2. The van der Waals surface area contributed by atoms with Crippen LogP contribution in [0.3, 0.4) is 0 Å². The van der Waals surface area contributed by atoms with Crippen LogP contribution in [0.1, 0.15) is 20.3 Å². The lowest BCUT2D eigenvalue weighted by molar-refractivity contribution is 0.466. The van der Waals surface area contributed by atoms with Crippen LogP contribution in [0.4, 0.5) is 10.1 Å². The fourth-order valence-corrected chi connectivity index (χ4v) is 1.59. The molecule has 0 radical (unpaired) electrons. The van der Waals surface area contributed by atoms with Crippen LogP contribution in [0.2, 0.25) is 0 Å². The quantitative estimate of drug-likeness (QED) is 0.909. The van der Waals surface area contributed by atoms with E-state index in [4.69, 9.17) is 5.26 Å². The van der Waals surface area contributed by atoms with Gasteiger partial charge in [-0.3, -0.25) is 0 Å². The van der Waals surface area contributed by atoms with E-state index in [0.29, 0.717) is 18.7 Å². The summed E-state index contributed by atoms with van der Waals surface area (Å²) in [5.41, 5.74) is 0.362. The summed E-state index contributed by atoms with van der Waals surface area (Å²) in [6.45, 7) is 4.41. The van der Waals surface area contributed by atoms with E-state index in [1.54, 1.807) is 6.07 Å². The van der Waals surface area contributed by atoms with Gasteiger partial charge in [0.15, 0.2) is 0 Å². The average Bonchev–Trinajstić information content (AvgIpc) is 2.23. The Morgan fingerprint density at radius 1 is 1.50 bits per heavy atom. The van der Waals surface area contributed by atoms with Crippen LogP contribution < -0.4 is 5.32 Å². The zero-order valence-electron chi connectivity index (χ0n) is 9.35. The highest BCUT2D eigenvalue weighted by molar-refractivity contribution is 9.10. The summed E-state index contributed by atoms with van der Waals surface area (Å²) in [5.74, 6) is -0.273. The third kappa shape index (κ3) is 3.82. The largest absolute Gasteiger partial charge is 0.384 e. The number of rotatable bonds is 4. The number of nitriles is 1. The smallest absolute Gasteiger partial charge is 0.125 e. The Kier molecular flexibility index (Phi) is 4.31.